The molecule has 0 saturated carbocycles. The SMILES string of the molecule is CC(C)CCCCCCCCCCCCCCC(=O)O.NC(CO)(CO)CO. The fourth-order valence-electron chi connectivity index (χ4n) is 2.75. The molecule has 0 aliphatic carbocycles. The molecule has 28 heavy (non-hydrogen) atoms. The summed E-state index contributed by atoms with van der Waals surface area (Å²) in [6.07, 6.45) is 17.3. The van der Waals surface area contributed by atoms with E-state index in [0.717, 1.165) is 18.8 Å². The van der Waals surface area contributed by atoms with Gasteiger partial charge in [-0.2, -0.15) is 0 Å². The molecule has 0 fully saturated rings. The molecule has 0 bridgehead atoms. The van der Waals surface area contributed by atoms with Crippen LogP contribution < -0.4 is 5.73 Å². The monoisotopic (exact) mass is 405 g/mol. The van der Waals surface area contributed by atoms with Crippen molar-refractivity contribution in [3.63, 3.8) is 0 Å². The van der Waals surface area contributed by atoms with Gasteiger partial charge in [0.1, 0.15) is 0 Å². The number of nitrogens with two attached hydrogens (primary N) is 1. The molecule has 0 aromatic carbocycles. The summed E-state index contributed by atoms with van der Waals surface area (Å²) >= 11 is 0. The lowest BCUT2D eigenvalue weighted by atomic mass is 10.0. The van der Waals surface area contributed by atoms with E-state index < -0.39 is 31.3 Å². The van der Waals surface area contributed by atoms with Crippen molar-refractivity contribution in [3.8, 4) is 0 Å². The van der Waals surface area contributed by atoms with Gasteiger partial charge in [0.15, 0.2) is 0 Å². The topological polar surface area (TPSA) is 124 Å². The third-order valence-electron chi connectivity index (χ3n) is 4.87. The van der Waals surface area contributed by atoms with Gasteiger partial charge in [0.2, 0.25) is 0 Å². The number of aliphatic carboxylic acids is 1. The van der Waals surface area contributed by atoms with E-state index in [9.17, 15) is 4.79 Å². The Morgan fingerprint density at radius 3 is 1.29 bits per heavy atom. The Labute approximate surface area is 172 Å². The Morgan fingerprint density at radius 2 is 1.04 bits per heavy atom. The zero-order chi connectivity index (χ0) is 21.7. The molecule has 0 aromatic rings. The molecule has 0 aliphatic heterocycles. The minimum atomic E-state index is -1.21. The summed E-state index contributed by atoms with van der Waals surface area (Å²) in [6.45, 7) is 3.41. The Hall–Kier alpha value is -0.690. The van der Waals surface area contributed by atoms with E-state index >= 15 is 0 Å². The molecule has 6 N–H and O–H groups in total. The summed E-state index contributed by atoms with van der Waals surface area (Å²) in [7, 11) is 0. The maximum Gasteiger partial charge on any atom is 0.303 e. The van der Waals surface area contributed by atoms with Gasteiger partial charge in [-0.3, -0.25) is 4.79 Å². The molecule has 6 nitrogen and oxygen atoms in total. The van der Waals surface area contributed by atoms with Crippen LogP contribution >= 0.6 is 0 Å². The highest BCUT2D eigenvalue weighted by Gasteiger charge is 2.20. The lowest BCUT2D eigenvalue weighted by Gasteiger charge is -2.20. The fourth-order valence-corrected chi connectivity index (χ4v) is 2.75. The normalized spacial score (nSPS) is 11.4. The van der Waals surface area contributed by atoms with Gasteiger partial charge in [-0.15, -0.1) is 0 Å². The van der Waals surface area contributed by atoms with Gasteiger partial charge in [-0.05, 0) is 12.3 Å². The first-order valence-electron chi connectivity index (χ1n) is 11.1. The first kappa shape index (κ1) is 29.5. The number of hydrogen-bond donors (Lipinski definition) is 5. The molecule has 0 saturated heterocycles. The second-order valence-corrected chi connectivity index (χ2v) is 8.41. The highest BCUT2D eigenvalue weighted by Crippen LogP contribution is 2.14. The summed E-state index contributed by atoms with van der Waals surface area (Å²) < 4.78 is 0. The fraction of sp³-hybridized carbons (Fsp3) is 0.955. The van der Waals surface area contributed by atoms with Crippen LogP contribution in [0.4, 0.5) is 0 Å². The zero-order valence-corrected chi connectivity index (χ0v) is 18.4. The first-order chi connectivity index (χ1) is 13.3. The quantitative estimate of drug-likeness (QED) is 0.221. The minimum Gasteiger partial charge on any atom is -0.481 e. The van der Waals surface area contributed by atoms with E-state index in [4.69, 9.17) is 26.2 Å². The maximum absolute atomic E-state index is 10.3. The van der Waals surface area contributed by atoms with Crippen LogP contribution in [0.15, 0.2) is 0 Å². The maximum atomic E-state index is 10.3. The Morgan fingerprint density at radius 1 is 0.714 bits per heavy atom. The second-order valence-electron chi connectivity index (χ2n) is 8.41. The first-order valence-corrected chi connectivity index (χ1v) is 11.1. The van der Waals surface area contributed by atoms with Crippen molar-refractivity contribution in [3.05, 3.63) is 0 Å². The number of carboxylic acids is 1. The Bertz CT molecular complexity index is 325. The number of aliphatic hydroxyl groups excluding tert-OH is 3. The molecule has 0 spiro atoms. The smallest absolute Gasteiger partial charge is 0.303 e. The lowest BCUT2D eigenvalue weighted by Crippen LogP contribution is -2.50. The van der Waals surface area contributed by atoms with Crippen LogP contribution in [0.2, 0.25) is 0 Å². The van der Waals surface area contributed by atoms with E-state index in [1.165, 1.54) is 70.6 Å². The van der Waals surface area contributed by atoms with Gasteiger partial charge >= 0.3 is 5.97 Å². The average molecular weight is 406 g/mol. The van der Waals surface area contributed by atoms with Crippen LogP contribution in [0.3, 0.4) is 0 Å². The predicted octanol–water partition coefficient (Wildman–Crippen LogP) is 3.85. The van der Waals surface area contributed by atoms with Crippen molar-refractivity contribution in [1.82, 2.24) is 0 Å². The molecule has 0 heterocycles. The minimum absolute atomic E-state index is 0.344. The molecular weight excluding hydrogens is 358 g/mol. The van der Waals surface area contributed by atoms with Crippen LogP contribution in [-0.2, 0) is 4.79 Å². The van der Waals surface area contributed by atoms with Gasteiger partial charge in [0.25, 0.3) is 0 Å². The summed E-state index contributed by atoms with van der Waals surface area (Å²) in [5, 5.41) is 33.5. The number of hydrogen-bond acceptors (Lipinski definition) is 5. The molecule has 170 valence electrons. The molecular formula is C22H47NO5. The van der Waals surface area contributed by atoms with Crippen molar-refractivity contribution in [2.45, 2.75) is 109 Å². The van der Waals surface area contributed by atoms with Crippen molar-refractivity contribution < 1.29 is 25.2 Å². The third-order valence-corrected chi connectivity index (χ3v) is 4.87. The van der Waals surface area contributed by atoms with Crippen LogP contribution in [0.1, 0.15) is 104 Å². The van der Waals surface area contributed by atoms with E-state index in [1.54, 1.807) is 0 Å². The van der Waals surface area contributed by atoms with E-state index in [0.29, 0.717) is 6.42 Å². The average Bonchev–Trinajstić information content (AvgIpc) is 2.67. The number of carboxylic acid groups (broad SMARTS) is 1. The zero-order valence-electron chi connectivity index (χ0n) is 18.4. The number of unbranched alkanes of at least 4 members (excludes halogenated alkanes) is 11. The number of aliphatic hydroxyl groups is 3. The van der Waals surface area contributed by atoms with Gasteiger partial charge in [0.05, 0.1) is 25.4 Å². The van der Waals surface area contributed by atoms with Gasteiger partial charge < -0.3 is 26.2 Å². The molecule has 0 atom stereocenters. The van der Waals surface area contributed by atoms with Gasteiger partial charge in [-0.1, -0.05) is 90.9 Å². The van der Waals surface area contributed by atoms with Crippen LogP contribution in [0.25, 0.3) is 0 Å². The Kier molecular flexibility index (Phi) is 22.2. The van der Waals surface area contributed by atoms with Crippen LogP contribution in [0.5, 0.6) is 0 Å². The van der Waals surface area contributed by atoms with Crippen molar-refractivity contribution in [2.75, 3.05) is 19.8 Å². The number of carbonyl (C=O) groups is 1. The Balaban J connectivity index is 0. The summed E-state index contributed by atoms with van der Waals surface area (Å²) in [6, 6.07) is 0. The summed E-state index contributed by atoms with van der Waals surface area (Å²) in [4.78, 5) is 10.3. The van der Waals surface area contributed by atoms with Crippen molar-refractivity contribution in [2.24, 2.45) is 11.7 Å². The van der Waals surface area contributed by atoms with Gasteiger partial charge in [0, 0.05) is 6.42 Å². The van der Waals surface area contributed by atoms with Crippen LogP contribution in [-0.4, -0.2) is 51.8 Å². The largest absolute Gasteiger partial charge is 0.481 e. The van der Waals surface area contributed by atoms with Crippen molar-refractivity contribution >= 4 is 5.97 Å². The van der Waals surface area contributed by atoms with E-state index in [-0.39, 0.29) is 0 Å². The predicted molar refractivity (Wildman–Crippen MR) is 115 cm³/mol. The highest BCUT2D eigenvalue weighted by molar-refractivity contribution is 5.66. The molecule has 0 rings (SSSR count). The lowest BCUT2D eigenvalue weighted by molar-refractivity contribution is -0.137. The van der Waals surface area contributed by atoms with E-state index in [1.807, 2.05) is 0 Å². The summed E-state index contributed by atoms with van der Waals surface area (Å²) in [5.41, 5.74) is 3.94. The molecule has 0 unspecified atom stereocenters. The summed E-state index contributed by atoms with van der Waals surface area (Å²) in [5.74, 6) is 0.212. The standard InChI is InChI=1S/C18H36O2.C4H11NO3/c1-17(2)15-13-11-9-7-5-3-4-6-8-10-12-14-16-18(19)20;5-4(1-6,2-7)3-8/h17H,3-16H2,1-2H3,(H,19,20);6-8H,1-3,5H2. The molecule has 0 radical (unpaired) electrons. The molecule has 0 aromatic heterocycles. The third kappa shape index (κ3) is 23.3. The van der Waals surface area contributed by atoms with E-state index in [2.05, 4.69) is 13.8 Å². The van der Waals surface area contributed by atoms with Crippen molar-refractivity contribution in [1.29, 1.82) is 0 Å². The molecule has 6 heteroatoms. The molecule has 0 aliphatic rings. The second kappa shape index (κ2) is 21.0. The van der Waals surface area contributed by atoms with Crippen LogP contribution in [0, 0.1) is 5.92 Å². The number of rotatable bonds is 18. The molecule has 0 amide bonds. The van der Waals surface area contributed by atoms with Gasteiger partial charge in [-0.25, -0.2) is 0 Å². The highest BCUT2D eigenvalue weighted by atomic mass is 16.4.